The van der Waals surface area contributed by atoms with Crippen LogP contribution in [0.1, 0.15) is 47.0 Å². The third kappa shape index (κ3) is 3.26. The largest absolute Gasteiger partial charge is 0.381 e. The van der Waals surface area contributed by atoms with Crippen molar-refractivity contribution in [1.82, 2.24) is 5.32 Å². The number of ether oxygens (including phenoxy) is 2. The summed E-state index contributed by atoms with van der Waals surface area (Å²) in [6, 6.07) is 0.262. The van der Waals surface area contributed by atoms with Gasteiger partial charge in [0.05, 0.1) is 12.1 Å². The number of aliphatic imine (C=N–C) groups is 1. The van der Waals surface area contributed by atoms with Crippen LogP contribution in [0.2, 0.25) is 0 Å². The zero-order chi connectivity index (χ0) is 14.8. The summed E-state index contributed by atoms with van der Waals surface area (Å²) in [5, 5.41) is 3.24. The Morgan fingerprint density at radius 2 is 2.05 bits per heavy atom. The van der Waals surface area contributed by atoms with E-state index in [2.05, 4.69) is 33.0 Å². The molecule has 2 fully saturated rings. The zero-order valence-corrected chi connectivity index (χ0v) is 13.2. The van der Waals surface area contributed by atoms with Crippen molar-refractivity contribution >= 4 is 5.96 Å². The van der Waals surface area contributed by atoms with E-state index in [0.717, 1.165) is 39.1 Å². The fourth-order valence-corrected chi connectivity index (χ4v) is 3.33. The van der Waals surface area contributed by atoms with Crippen molar-refractivity contribution in [2.75, 3.05) is 19.8 Å². The van der Waals surface area contributed by atoms with Crippen LogP contribution in [0.15, 0.2) is 4.99 Å². The lowest BCUT2D eigenvalue weighted by Crippen LogP contribution is -2.60. The molecule has 2 atom stereocenters. The molecule has 0 aromatic carbocycles. The normalized spacial score (nSPS) is 30.1. The van der Waals surface area contributed by atoms with Crippen LogP contribution < -0.4 is 11.1 Å². The van der Waals surface area contributed by atoms with Crippen LogP contribution in [0.5, 0.6) is 0 Å². The zero-order valence-electron chi connectivity index (χ0n) is 13.2. The van der Waals surface area contributed by atoms with Crippen molar-refractivity contribution in [2.45, 2.75) is 64.6 Å². The van der Waals surface area contributed by atoms with Crippen LogP contribution >= 0.6 is 0 Å². The lowest BCUT2D eigenvalue weighted by atomic mass is 9.58. The Labute approximate surface area is 122 Å². The Morgan fingerprint density at radius 3 is 2.60 bits per heavy atom. The first kappa shape index (κ1) is 15.6. The molecule has 1 saturated carbocycles. The monoisotopic (exact) mass is 283 g/mol. The Morgan fingerprint density at radius 1 is 1.40 bits per heavy atom. The van der Waals surface area contributed by atoms with Gasteiger partial charge in [0.2, 0.25) is 0 Å². The van der Waals surface area contributed by atoms with Crippen molar-refractivity contribution in [3.63, 3.8) is 0 Å². The third-order valence-corrected chi connectivity index (χ3v) is 4.33. The number of hydrogen-bond donors (Lipinski definition) is 2. The average molecular weight is 283 g/mol. The molecule has 0 aromatic rings. The third-order valence-electron chi connectivity index (χ3n) is 4.33. The quantitative estimate of drug-likeness (QED) is 0.610. The van der Waals surface area contributed by atoms with Gasteiger partial charge in [-0.15, -0.1) is 0 Å². The number of guanidine groups is 1. The average Bonchev–Trinajstić information content (AvgIpc) is 2.36. The molecule has 116 valence electrons. The standard InChI is InChI=1S/C15H29N3O2/c1-5-20-12-10-11(15(12)6-8-19-9-7-15)17-13(16)18-14(2,3)4/h11-12H,5-10H2,1-4H3,(H3,16,17,18). The summed E-state index contributed by atoms with van der Waals surface area (Å²) in [4.78, 5) is 4.72. The summed E-state index contributed by atoms with van der Waals surface area (Å²) < 4.78 is 11.4. The summed E-state index contributed by atoms with van der Waals surface area (Å²) in [6.45, 7) is 10.7. The van der Waals surface area contributed by atoms with Gasteiger partial charge < -0.3 is 20.5 Å². The highest BCUT2D eigenvalue weighted by Gasteiger charge is 2.56. The summed E-state index contributed by atoms with van der Waals surface area (Å²) in [5.41, 5.74) is 6.13. The minimum atomic E-state index is -0.0561. The van der Waals surface area contributed by atoms with Gasteiger partial charge in [0.1, 0.15) is 0 Å². The van der Waals surface area contributed by atoms with E-state index < -0.39 is 0 Å². The first-order valence-electron chi connectivity index (χ1n) is 7.68. The summed E-state index contributed by atoms with van der Waals surface area (Å²) in [5.74, 6) is 0.545. The van der Waals surface area contributed by atoms with Gasteiger partial charge in [0, 0.05) is 30.8 Å². The molecule has 2 unspecified atom stereocenters. The van der Waals surface area contributed by atoms with Crippen LogP contribution in [-0.4, -0.2) is 43.5 Å². The van der Waals surface area contributed by atoms with Gasteiger partial charge in [0.25, 0.3) is 0 Å². The maximum atomic E-state index is 6.05. The van der Waals surface area contributed by atoms with Gasteiger partial charge in [-0.2, -0.15) is 0 Å². The van der Waals surface area contributed by atoms with Gasteiger partial charge in [-0.3, -0.25) is 0 Å². The molecule has 5 nitrogen and oxygen atoms in total. The number of nitrogens with zero attached hydrogens (tertiary/aromatic N) is 1. The minimum absolute atomic E-state index is 0.0561. The van der Waals surface area contributed by atoms with E-state index in [1.807, 2.05) is 0 Å². The van der Waals surface area contributed by atoms with Crippen LogP contribution in [0.3, 0.4) is 0 Å². The molecule has 1 aliphatic heterocycles. The number of nitrogens with two attached hydrogens (primary N) is 1. The molecule has 2 aliphatic rings. The lowest BCUT2D eigenvalue weighted by Gasteiger charge is -2.55. The van der Waals surface area contributed by atoms with Gasteiger partial charge in [0.15, 0.2) is 5.96 Å². The number of nitrogens with one attached hydrogen (secondary N) is 1. The molecule has 2 rings (SSSR count). The van der Waals surface area contributed by atoms with Gasteiger partial charge in [-0.05, 0) is 47.0 Å². The minimum Gasteiger partial charge on any atom is -0.381 e. The van der Waals surface area contributed by atoms with Crippen molar-refractivity contribution < 1.29 is 9.47 Å². The van der Waals surface area contributed by atoms with Crippen molar-refractivity contribution in [3.05, 3.63) is 0 Å². The topological polar surface area (TPSA) is 68.9 Å². The second-order valence-corrected chi connectivity index (χ2v) is 6.93. The smallest absolute Gasteiger partial charge is 0.189 e. The molecule has 0 bridgehead atoms. The highest BCUT2D eigenvalue weighted by molar-refractivity contribution is 5.78. The fraction of sp³-hybridized carbons (Fsp3) is 0.933. The Balaban J connectivity index is 2.06. The Kier molecular flexibility index (Phi) is 4.59. The highest BCUT2D eigenvalue weighted by Crippen LogP contribution is 2.52. The Hall–Kier alpha value is -0.810. The molecule has 1 heterocycles. The molecule has 0 radical (unpaired) electrons. The molecule has 0 aromatic heterocycles. The number of hydrogen-bond acceptors (Lipinski definition) is 3. The number of rotatable bonds is 3. The van der Waals surface area contributed by atoms with Crippen LogP contribution in [0.25, 0.3) is 0 Å². The molecule has 1 spiro atoms. The molecule has 20 heavy (non-hydrogen) atoms. The van der Waals surface area contributed by atoms with Crippen LogP contribution in [0.4, 0.5) is 0 Å². The van der Waals surface area contributed by atoms with Gasteiger partial charge >= 0.3 is 0 Å². The van der Waals surface area contributed by atoms with E-state index >= 15 is 0 Å². The Bertz CT molecular complexity index is 357. The van der Waals surface area contributed by atoms with E-state index in [9.17, 15) is 0 Å². The fourth-order valence-electron chi connectivity index (χ4n) is 3.33. The first-order valence-corrected chi connectivity index (χ1v) is 7.68. The summed E-state index contributed by atoms with van der Waals surface area (Å²) >= 11 is 0. The molecule has 1 aliphatic carbocycles. The molecule has 5 heteroatoms. The van der Waals surface area contributed by atoms with E-state index in [1.54, 1.807) is 0 Å². The van der Waals surface area contributed by atoms with Crippen LogP contribution in [-0.2, 0) is 9.47 Å². The maximum Gasteiger partial charge on any atom is 0.189 e. The van der Waals surface area contributed by atoms with Crippen LogP contribution in [0, 0.1) is 5.41 Å². The highest BCUT2D eigenvalue weighted by atomic mass is 16.5. The van der Waals surface area contributed by atoms with E-state index in [1.165, 1.54) is 0 Å². The predicted molar refractivity (Wildman–Crippen MR) is 80.8 cm³/mol. The summed E-state index contributed by atoms with van der Waals surface area (Å²) in [6.07, 6.45) is 3.33. The molecule has 1 saturated heterocycles. The SMILES string of the molecule is CCOC1CC(N=C(N)NC(C)(C)C)C12CCOCC2. The van der Waals surface area contributed by atoms with E-state index in [-0.39, 0.29) is 17.0 Å². The van der Waals surface area contributed by atoms with Gasteiger partial charge in [-0.1, -0.05) is 0 Å². The van der Waals surface area contributed by atoms with Crippen molar-refractivity contribution in [3.8, 4) is 0 Å². The maximum absolute atomic E-state index is 6.05. The summed E-state index contributed by atoms with van der Waals surface area (Å²) in [7, 11) is 0. The molecule has 3 N–H and O–H groups in total. The van der Waals surface area contributed by atoms with Crippen molar-refractivity contribution in [2.24, 2.45) is 16.1 Å². The van der Waals surface area contributed by atoms with E-state index in [0.29, 0.717) is 12.1 Å². The first-order chi connectivity index (χ1) is 9.37. The molecular weight excluding hydrogens is 254 g/mol. The molecule has 0 amide bonds. The van der Waals surface area contributed by atoms with Gasteiger partial charge in [-0.25, -0.2) is 4.99 Å². The van der Waals surface area contributed by atoms with E-state index in [4.69, 9.17) is 20.2 Å². The second-order valence-electron chi connectivity index (χ2n) is 6.93. The lowest BCUT2D eigenvalue weighted by molar-refractivity contribution is -0.163. The van der Waals surface area contributed by atoms with Crippen molar-refractivity contribution in [1.29, 1.82) is 0 Å². The predicted octanol–water partition coefficient (Wildman–Crippen LogP) is 1.66. The molecular formula is C15H29N3O2. The second kappa shape index (κ2) is 5.90.